The molecule has 2 atom stereocenters. The Morgan fingerprint density at radius 1 is 1.37 bits per heavy atom. The van der Waals surface area contributed by atoms with Gasteiger partial charge in [-0.25, -0.2) is 0 Å². The zero-order valence-electron chi connectivity index (χ0n) is 12.5. The van der Waals surface area contributed by atoms with Crippen LogP contribution < -0.4 is 10.1 Å². The number of rotatable bonds is 4. The lowest BCUT2D eigenvalue weighted by Crippen LogP contribution is -2.56. The molecule has 3 heteroatoms. The maximum absolute atomic E-state index is 5.45. The van der Waals surface area contributed by atoms with Gasteiger partial charge in [0.05, 0.1) is 7.11 Å². The SMILES string of the molecule is COc1ccccc1CN1CC(C(C)C)NCC1C. The minimum Gasteiger partial charge on any atom is -0.496 e. The highest BCUT2D eigenvalue weighted by Crippen LogP contribution is 2.22. The Kier molecular flexibility index (Phi) is 4.83. The highest BCUT2D eigenvalue weighted by atomic mass is 16.5. The van der Waals surface area contributed by atoms with Crippen LogP contribution >= 0.6 is 0 Å². The van der Waals surface area contributed by atoms with Gasteiger partial charge >= 0.3 is 0 Å². The molecule has 0 saturated carbocycles. The van der Waals surface area contributed by atoms with Gasteiger partial charge < -0.3 is 10.1 Å². The Morgan fingerprint density at radius 2 is 2.11 bits per heavy atom. The molecule has 1 heterocycles. The van der Waals surface area contributed by atoms with E-state index in [0.717, 1.165) is 25.4 Å². The van der Waals surface area contributed by atoms with Crippen molar-refractivity contribution in [1.29, 1.82) is 0 Å². The molecule has 1 aromatic rings. The summed E-state index contributed by atoms with van der Waals surface area (Å²) in [6.07, 6.45) is 0. The van der Waals surface area contributed by atoms with E-state index in [1.165, 1.54) is 5.56 Å². The number of para-hydroxylation sites is 1. The molecule has 1 fully saturated rings. The lowest BCUT2D eigenvalue weighted by atomic mass is 9.99. The summed E-state index contributed by atoms with van der Waals surface area (Å²) in [5, 5.41) is 3.64. The molecule has 0 radical (unpaired) electrons. The molecule has 1 aromatic carbocycles. The maximum Gasteiger partial charge on any atom is 0.123 e. The van der Waals surface area contributed by atoms with Crippen LogP contribution in [-0.2, 0) is 6.54 Å². The van der Waals surface area contributed by atoms with Crippen molar-refractivity contribution in [2.24, 2.45) is 5.92 Å². The first kappa shape index (κ1) is 14.4. The van der Waals surface area contributed by atoms with E-state index in [9.17, 15) is 0 Å². The summed E-state index contributed by atoms with van der Waals surface area (Å²) in [5.41, 5.74) is 1.28. The molecule has 0 aliphatic carbocycles. The van der Waals surface area contributed by atoms with Gasteiger partial charge in [-0.1, -0.05) is 32.0 Å². The fourth-order valence-electron chi connectivity index (χ4n) is 2.67. The van der Waals surface area contributed by atoms with Crippen LogP contribution in [0.5, 0.6) is 5.75 Å². The normalized spacial score (nSPS) is 24.7. The Hall–Kier alpha value is -1.06. The molecule has 0 bridgehead atoms. The standard InChI is InChI=1S/C16H26N2O/c1-12(2)15-11-18(13(3)9-17-15)10-14-7-5-6-8-16(14)19-4/h5-8,12-13,15,17H,9-11H2,1-4H3. The van der Waals surface area contributed by atoms with Crippen molar-refractivity contribution < 1.29 is 4.74 Å². The number of nitrogens with one attached hydrogen (secondary N) is 1. The molecule has 2 rings (SSSR count). The van der Waals surface area contributed by atoms with Crippen molar-refractivity contribution >= 4 is 0 Å². The van der Waals surface area contributed by atoms with Crippen molar-refractivity contribution in [3.63, 3.8) is 0 Å². The molecule has 1 N–H and O–H groups in total. The van der Waals surface area contributed by atoms with Gasteiger partial charge in [0.25, 0.3) is 0 Å². The zero-order chi connectivity index (χ0) is 13.8. The second-order valence-corrected chi connectivity index (χ2v) is 5.85. The van der Waals surface area contributed by atoms with E-state index < -0.39 is 0 Å². The Labute approximate surface area is 116 Å². The minimum atomic E-state index is 0.569. The summed E-state index contributed by atoms with van der Waals surface area (Å²) < 4.78 is 5.45. The molecule has 106 valence electrons. The fraction of sp³-hybridized carbons (Fsp3) is 0.625. The molecule has 0 amide bonds. The summed E-state index contributed by atoms with van der Waals surface area (Å²) in [5.74, 6) is 1.67. The number of ether oxygens (including phenoxy) is 1. The van der Waals surface area contributed by atoms with Crippen molar-refractivity contribution in [3.8, 4) is 5.75 Å². The second-order valence-electron chi connectivity index (χ2n) is 5.85. The highest BCUT2D eigenvalue weighted by Gasteiger charge is 2.27. The van der Waals surface area contributed by atoms with Crippen LogP contribution in [0.25, 0.3) is 0 Å². The smallest absolute Gasteiger partial charge is 0.123 e. The van der Waals surface area contributed by atoms with Gasteiger partial charge in [0, 0.05) is 37.3 Å². The van der Waals surface area contributed by atoms with Crippen molar-refractivity contribution in [2.75, 3.05) is 20.2 Å². The fourth-order valence-corrected chi connectivity index (χ4v) is 2.67. The number of benzene rings is 1. The van der Waals surface area contributed by atoms with Gasteiger partial charge in [-0.15, -0.1) is 0 Å². The molecule has 0 spiro atoms. The minimum absolute atomic E-state index is 0.569. The van der Waals surface area contributed by atoms with Gasteiger partial charge in [-0.3, -0.25) is 4.90 Å². The van der Waals surface area contributed by atoms with Gasteiger partial charge in [-0.05, 0) is 18.9 Å². The van der Waals surface area contributed by atoms with Crippen LogP contribution in [0.2, 0.25) is 0 Å². The molecular weight excluding hydrogens is 236 g/mol. The molecule has 2 unspecified atom stereocenters. The average molecular weight is 262 g/mol. The van der Waals surface area contributed by atoms with E-state index in [4.69, 9.17) is 4.74 Å². The third kappa shape index (κ3) is 3.48. The molecule has 1 aliphatic heterocycles. The van der Waals surface area contributed by atoms with Crippen LogP contribution in [0.15, 0.2) is 24.3 Å². The second kappa shape index (κ2) is 6.40. The number of piperazine rings is 1. The van der Waals surface area contributed by atoms with Crippen LogP contribution in [-0.4, -0.2) is 37.2 Å². The van der Waals surface area contributed by atoms with Crippen LogP contribution in [0.1, 0.15) is 26.3 Å². The largest absolute Gasteiger partial charge is 0.496 e. The van der Waals surface area contributed by atoms with Gasteiger partial charge in [-0.2, -0.15) is 0 Å². The lowest BCUT2D eigenvalue weighted by molar-refractivity contribution is 0.115. The van der Waals surface area contributed by atoms with Crippen LogP contribution in [0.3, 0.4) is 0 Å². The summed E-state index contributed by atoms with van der Waals surface area (Å²) in [4.78, 5) is 2.55. The highest BCUT2D eigenvalue weighted by molar-refractivity contribution is 5.33. The lowest BCUT2D eigenvalue weighted by Gasteiger charge is -2.40. The van der Waals surface area contributed by atoms with Gasteiger partial charge in [0.15, 0.2) is 0 Å². The van der Waals surface area contributed by atoms with Crippen molar-refractivity contribution in [2.45, 2.75) is 39.4 Å². The van der Waals surface area contributed by atoms with E-state index in [-0.39, 0.29) is 0 Å². The first-order chi connectivity index (χ1) is 9.11. The van der Waals surface area contributed by atoms with Crippen molar-refractivity contribution in [3.05, 3.63) is 29.8 Å². The quantitative estimate of drug-likeness (QED) is 0.902. The van der Waals surface area contributed by atoms with E-state index in [1.807, 2.05) is 12.1 Å². The molecule has 1 aliphatic rings. The van der Waals surface area contributed by atoms with Crippen LogP contribution in [0.4, 0.5) is 0 Å². The topological polar surface area (TPSA) is 24.5 Å². The van der Waals surface area contributed by atoms with Crippen LogP contribution in [0, 0.1) is 5.92 Å². The summed E-state index contributed by atoms with van der Waals surface area (Å²) in [7, 11) is 1.75. The summed E-state index contributed by atoms with van der Waals surface area (Å²) >= 11 is 0. The zero-order valence-corrected chi connectivity index (χ0v) is 12.5. The first-order valence-electron chi connectivity index (χ1n) is 7.21. The molecule has 1 saturated heterocycles. The summed E-state index contributed by atoms with van der Waals surface area (Å²) in [6.45, 7) is 10.0. The molecule has 19 heavy (non-hydrogen) atoms. The Morgan fingerprint density at radius 3 is 2.79 bits per heavy atom. The number of hydrogen-bond donors (Lipinski definition) is 1. The van der Waals surface area contributed by atoms with E-state index >= 15 is 0 Å². The third-order valence-corrected chi connectivity index (χ3v) is 4.10. The number of methoxy groups -OCH3 is 1. The predicted octanol–water partition coefficient (Wildman–Crippen LogP) is 2.51. The Balaban J connectivity index is 2.07. The predicted molar refractivity (Wildman–Crippen MR) is 79.5 cm³/mol. The maximum atomic E-state index is 5.45. The molecule has 3 nitrogen and oxygen atoms in total. The van der Waals surface area contributed by atoms with Gasteiger partial charge in [0.1, 0.15) is 5.75 Å². The summed E-state index contributed by atoms with van der Waals surface area (Å²) in [6, 6.07) is 9.48. The van der Waals surface area contributed by atoms with Gasteiger partial charge in [0.2, 0.25) is 0 Å². The third-order valence-electron chi connectivity index (χ3n) is 4.10. The molecule has 0 aromatic heterocycles. The van der Waals surface area contributed by atoms with Crippen molar-refractivity contribution in [1.82, 2.24) is 10.2 Å². The number of nitrogens with zero attached hydrogens (tertiary/aromatic N) is 1. The molecular formula is C16H26N2O. The number of hydrogen-bond acceptors (Lipinski definition) is 3. The monoisotopic (exact) mass is 262 g/mol. The Bertz CT molecular complexity index is 405. The van der Waals surface area contributed by atoms with E-state index in [2.05, 4.69) is 43.1 Å². The van der Waals surface area contributed by atoms with E-state index in [1.54, 1.807) is 7.11 Å². The first-order valence-corrected chi connectivity index (χ1v) is 7.21. The average Bonchev–Trinajstić information content (AvgIpc) is 2.41. The van der Waals surface area contributed by atoms with E-state index in [0.29, 0.717) is 18.0 Å².